The number of carbonyl (C=O) groups is 2. The summed E-state index contributed by atoms with van der Waals surface area (Å²) >= 11 is -0.462. The number of benzene rings is 1. The number of rotatable bonds is 7. The van der Waals surface area contributed by atoms with E-state index in [-0.39, 0.29) is 22.7 Å². The van der Waals surface area contributed by atoms with E-state index in [2.05, 4.69) is 30.4 Å². The number of aryl methyl sites for hydroxylation is 2. The molecule has 0 saturated heterocycles. The predicted octanol–water partition coefficient (Wildman–Crippen LogP) is 5.06. The molecule has 4 nitrogen and oxygen atoms in total. The molecule has 1 atom stereocenters. The van der Waals surface area contributed by atoms with Gasteiger partial charge in [-0.05, 0) is 25.7 Å². The van der Waals surface area contributed by atoms with E-state index < -0.39 is 25.4 Å². The van der Waals surface area contributed by atoms with Crippen LogP contribution in [-0.4, -0.2) is 22.2 Å². The summed E-state index contributed by atoms with van der Waals surface area (Å²) in [4.78, 5) is 21.4. The van der Waals surface area contributed by atoms with Crippen LogP contribution in [-0.2, 0) is 23.0 Å². The Labute approximate surface area is 176 Å². The first-order chi connectivity index (χ1) is 12.9. The maximum absolute atomic E-state index is 10.7. The fraction of sp³-hybridized carbons (Fsp3) is 0.455. The van der Waals surface area contributed by atoms with Gasteiger partial charge in [-0.2, -0.15) is 9.90 Å². The molecule has 2 N–H and O–H groups in total. The third kappa shape index (κ3) is 12.1. The van der Waals surface area contributed by atoms with E-state index in [0.29, 0.717) is 10.8 Å². The molecule has 0 aromatic heterocycles. The zero-order valence-corrected chi connectivity index (χ0v) is 19.3. The van der Waals surface area contributed by atoms with Gasteiger partial charge in [-0.3, -0.25) is 0 Å². The Hall–Kier alpha value is -1.44. The van der Waals surface area contributed by atoms with Crippen LogP contribution in [0, 0.1) is 13.8 Å². The van der Waals surface area contributed by atoms with Crippen LogP contribution in [0.3, 0.4) is 0 Å². The average Bonchev–Trinajstić information content (AvgIpc) is 2.55. The van der Waals surface area contributed by atoms with Crippen LogP contribution >= 0.6 is 9.90 Å². The van der Waals surface area contributed by atoms with Crippen LogP contribution in [0.15, 0.2) is 42.5 Å². The van der Waals surface area contributed by atoms with Gasteiger partial charge in [-0.1, -0.05) is 24.3 Å². The average molecular weight is 452 g/mol. The van der Waals surface area contributed by atoms with Crippen molar-refractivity contribution in [3.8, 4) is 0 Å². The molecule has 1 unspecified atom stereocenters. The molecule has 0 fully saturated rings. The summed E-state index contributed by atoms with van der Waals surface area (Å²) in [6, 6.07) is 6.05. The number of aliphatic carboxylic acids is 2. The zero-order valence-electron chi connectivity index (χ0n) is 16.9. The van der Waals surface area contributed by atoms with E-state index in [9.17, 15) is 9.59 Å². The van der Waals surface area contributed by atoms with Crippen molar-refractivity contribution in [3.05, 3.63) is 53.6 Å². The third-order valence-electron chi connectivity index (χ3n) is 3.86. The second-order valence-electron chi connectivity index (χ2n) is 6.35. The first kappa shape index (κ1) is 26.6. The van der Waals surface area contributed by atoms with Crippen molar-refractivity contribution < 1.29 is 33.2 Å². The van der Waals surface area contributed by atoms with Gasteiger partial charge >= 0.3 is 116 Å². The summed E-state index contributed by atoms with van der Waals surface area (Å²) in [5.74, 6) is -1.66. The smallest absolute Gasteiger partial charge is 0.153 e. The van der Waals surface area contributed by atoms with Crippen molar-refractivity contribution in [2.24, 2.45) is 0 Å². The van der Waals surface area contributed by atoms with Gasteiger partial charge in [0.1, 0.15) is 0 Å². The van der Waals surface area contributed by atoms with Crippen molar-refractivity contribution in [2.45, 2.75) is 63.2 Å². The number of carboxylic acids is 2. The largest absolute Gasteiger partial charge is 0.153 e. The fourth-order valence-electron chi connectivity index (χ4n) is 2.49. The van der Waals surface area contributed by atoms with Gasteiger partial charge in [0, 0.05) is 0 Å². The summed E-state index contributed by atoms with van der Waals surface area (Å²) in [5.41, 5.74) is 2.27. The van der Waals surface area contributed by atoms with Gasteiger partial charge < -0.3 is 0 Å². The molecule has 0 amide bonds. The Balaban J connectivity index is 0.000000678. The predicted molar refractivity (Wildman–Crippen MR) is 118 cm³/mol. The Kier molecular flexibility index (Phi) is 14.7. The monoisotopic (exact) mass is 451 g/mol. The summed E-state index contributed by atoms with van der Waals surface area (Å²) < 4.78 is 1.10. The molecule has 0 aliphatic heterocycles. The normalized spacial score (nSPS) is 15.6. The molecule has 1 aliphatic rings. The summed E-state index contributed by atoms with van der Waals surface area (Å²) in [7, 11) is 0. The maximum atomic E-state index is 10.7. The molecule has 2 rings (SSSR count). The van der Waals surface area contributed by atoms with E-state index >= 15 is 0 Å². The molecule has 1 aromatic carbocycles. The Morgan fingerprint density at radius 1 is 0.929 bits per heavy atom. The van der Waals surface area contributed by atoms with Crippen LogP contribution in [0.5, 0.6) is 0 Å². The van der Waals surface area contributed by atoms with E-state index in [1.165, 1.54) is 25.7 Å². The van der Waals surface area contributed by atoms with Crippen molar-refractivity contribution in [1.29, 1.82) is 0 Å². The molecule has 0 heterocycles. The molecular weight excluding hydrogens is 418 g/mol. The Morgan fingerprint density at radius 2 is 1.43 bits per heavy atom. The van der Waals surface area contributed by atoms with Crippen LogP contribution in [0.25, 0.3) is 0 Å². The number of hydrogen-bond acceptors (Lipinski definition) is 2. The number of carboxylic acid groups (broad SMARTS) is 2. The van der Waals surface area contributed by atoms with E-state index in [1.54, 1.807) is 0 Å². The van der Waals surface area contributed by atoms with Crippen molar-refractivity contribution in [1.82, 2.24) is 0 Å². The fourth-order valence-corrected chi connectivity index (χ4v) is 5.22. The molecule has 6 heteroatoms. The second-order valence-corrected chi connectivity index (χ2v) is 9.06. The minimum atomic E-state index is -0.832. The third-order valence-corrected chi connectivity index (χ3v) is 6.85. The Morgan fingerprint density at radius 3 is 1.86 bits per heavy atom. The van der Waals surface area contributed by atoms with E-state index in [1.807, 2.05) is 26.0 Å². The van der Waals surface area contributed by atoms with Gasteiger partial charge in [0.05, 0.1) is 0 Å². The number of hydrogen-bond donors (Lipinski definition) is 2. The molecule has 1 aromatic rings. The quantitative estimate of drug-likeness (QED) is 0.448. The zero-order chi connectivity index (χ0) is 20.1. The van der Waals surface area contributed by atoms with Gasteiger partial charge in [0.15, 0.2) is 0 Å². The minimum absolute atomic E-state index is 0. The topological polar surface area (TPSA) is 74.6 Å². The van der Waals surface area contributed by atoms with Gasteiger partial charge in [0.2, 0.25) is 0 Å². The Bertz CT molecular complexity index is 639. The van der Waals surface area contributed by atoms with E-state index in [0.717, 1.165) is 15.7 Å². The molecule has 28 heavy (non-hydrogen) atoms. The van der Waals surface area contributed by atoms with Gasteiger partial charge in [-0.25, -0.2) is 0 Å². The molecular formula is C22H34NiO4P. The second kappa shape index (κ2) is 15.5. The molecule has 161 valence electrons. The molecule has 0 spiro atoms. The van der Waals surface area contributed by atoms with Crippen molar-refractivity contribution in [3.63, 3.8) is 0 Å². The van der Waals surface area contributed by atoms with Crippen LogP contribution in [0.4, 0.5) is 0 Å². The maximum Gasteiger partial charge on any atom is -0.153 e. The first-order valence-electron chi connectivity index (χ1n) is 9.22. The van der Waals surface area contributed by atoms with Crippen LogP contribution in [0.1, 0.15) is 49.7 Å². The standard InChI is InChI=1S/C8H9.C8H12.2C3H5O2.Ni.H3P/c1-7-4-3-5-8(2)6-7;1-2-4-6-8-7-5-3-1;2*1-2-3(4)5;;/h3-4,6H,1-2H3;1-4H,5-8H2;2*1-2H2,(H,4,5);;1H3/b;3-1-,4-2-;;;;. The minimum Gasteiger partial charge on any atom is -0.153 e. The molecule has 1 aliphatic carbocycles. The molecule has 0 radical (unpaired) electrons. The van der Waals surface area contributed by atoms with Crippen LogP contribution in [0.2, 0.25) is 10.8 Å². The van der Waals surface area contributed by atoms with Crippen molar-refractivity contribution >= 4 is 26.4 Å². The van der Waals surface area contributed by atoms with Gasteiger partial charge in [0.25, 0.3) is 0 Å². The SMILES string of the molecule is C1=C\CCCC\C=C/1.Cc1cc[c]([Ni]([CH2]CC(=O)O)[CH2]CC(=O)O)c(C)c1.P. The van der Waals surface area contributed by atoms with Gasteiger partial charge in [-0.15, -0.1) is 0 Å². The molecule has 0 bridgehead atoms. The first-order valence-corrected chi connectivity index (χ1v) is 11.1. The summed E-state index contributed by atoms with van der Waals surface area (Å²) in [5, 5.41) is 18.6. The number of allylic oxidation sites excluding steroid dienone is 4. The van der Waals surface area contributed by atoms with E-state index in [4.69, 9.17) is 10.2 Å². The molecule has 0 saturated carbocycles. The van der Waals surface area contributed by atoms with Crippen molar-refractivity contribution in [2.75, 3.05) is 0 Å². The summed E-state index contributed by atoms with van der Waals surface area (Å²) in [6.45, 7) is 4.00. The summed E-state index contributed by atoms with van der Waals surface area (Å²) in [6.07, 6.45) is 14.2. The van der Waals surface area contributed by atoms with Crippen LogP contribution < -0.4 is 4.53 Å².